The highest BCUT2D eigenvalue weighted by Gasteiger charge is 2.49. The van der Waals surface area contributed by atoms with Gasteiger partial charge in [-0.25, -0.2) is 4.79 Å². The van der Waals surface area contributed by atoms with Crippen molar-refractivity contribution >= 4 is 24.6 Å². The van der Waals surface area contributed by atoms with Crippen molar-refractivity contribution in [1.29, 1.82) is 0 Å². The van der Waals surface area contributed by atoms with Crippen molar-refractivity contribution in [1.82, 2.24) is 9.80 Å². The summed E-state index contributed by atoms with van der Waals surface area (Å²) in [5, 5.41) is 0. The largest absolute Gasteiger partial charge is 0.328 e. The number of likely N-dealkylation sites (N-methyl/N-ethyl adjacent to an activating group) is 2. The average molecular weight is 188 g/mol. The Balaban J connectivity index is 3.04. The van der Waals surface area contributed by atoms with Gasteiger partial charge in [0.2, 0.25) is 0 Å². The van der Waals surface area contributed by atoms with Crippen molar-refractivity contribution in [2.24, 2.45) is 0 Å². The fourth-order valence-electron chi connectivity index (χ4n) is 1.33. The van der Waals surface area contributed by atoms with Gasteiger partial charge in [-0.2, -0.15) is 0 Å². The third kappa shape index (κ3) is 0.998. The lowest BCUT2D eigenvalue weighted by Crippen LogP contribution is -2.41. The molecule has 68 valence electrons. The van der Waals surface area contributed by atoms with Gasteiger partial charge in [0.1, 0.15) is 0 Å². The van der Waals surface area contributed by atoms with E-state index in [0.717, 1.165) is 4.90 Å². The first-order valence-electron chi connectivity index (χ1n) is 3.75. The van der Waals surface area contributed by atoms with E-state index in [2.05, 4.69) is 12.6 Å². The second kappa shape index (κ2) is 2.65. The van der Waals surface area contributed by atoms with E-state index in [4.69, 9.17) is 0 Å². The van der Waals surface area contributed by atoms with Crippen molar-refractivity contribution in [3.05, 3.63) is 0 Å². The molecule has 0 spiro atoms. The van der Waals surface area contributed by atoms with Gasteiger partial charge in [-0.3, -0.25) is 9.69 Å². The smallest absolute Gasteiger partial charge is 0.301 e. The van der Waals surface area contributed by atoms with Crippen LogP contribution in [0.4, 0.5) is 4.79 Å². The van der Waals surface area contributed by atoms with Gasteiger partial charge in [0.15, 0.2) is 4.87 Å². The summed E-state index contributed by atoms with van der Waals surface area (Å²) in [7, 11) is 1.47. The van der Waals surface area contributed by atoms with Gasteiger partial charge >= 0.3 is 6.03 Å². The van der Waals surface area contributed by atoms with Gasteiger partial charge in [-0.15, -0.1) is 12.6 Å². The van der Waals surface area contributed by atoms with Crippen LogP contribution in [0, 0.1) is 0 Å². The molecule has 0 saturated carbocycles. The van der Waals surface area contributed by atoms with Gasteiger partial charge < -0.3 is 4.90 Å². The second-order valence-electron chi connectivity index (χ2n) is 2.91. The van der Waals surface area contributed by atoms with Crippen molar-refractivity contribution in [3.8, 4) is 0 Å². The molecular weight excluding hydrogens is 176 g/mol. The molecule has 1 rings (SSSR count). The molecular formula is C7H12N2O2S. The predicted molar refractivity (Wildman–Crippen MR) is 47.9 cm³/mol. The van der Waals surface area contributed by atoms with Crippen LogP contribution >= 0.6 is 12.6 Å². The van der Waals surface area contributed by atoms with Crippen LogP contribution in [-0.4, -0.2) is 40.2 Å². The summed E-state index contributed by atoms with van der Waals surface area (Å²) in [4.78, 5) is 24.3. The summed E-state index contributed by atoms with van der Waals surface area (Å²) in [6.45, 7) is 3.94. The lowest BCUT2D eigenvalue weighted by molar-refractivity contribution is -0.128. The molecule has 0 aromatic carbocycles. The van der Waals surface area contributed by atoms with E-state index in [9.17, 15) is 9.59 Å². The molecule has 1 atom stereocenters. The molecule has 0 N–H and O–H groups in total. The fraction of sp³-hybridized carbons (Fsp3) is 0.714. The molecule has 1 unspecified atom stereocenters. The molecule has 1 aliphatic rings. The maximum atomic E-state index is 11.4. The minimum atomic E-state index is -0.972. The number of rotatable bonds is 1. The van der Waals surface area contributed by atoms with Crippen LogP contribution in [0.2, 0.25) is 0 Å². The zero-order chi connectivity index (χ0) is 9.52. The first kappa shape index (κ1) is 9.38. The minimum absolute atomic E-state index is 0.266. The van der Waals surface area contributed by atoms with Crippen LogP contribution in [0.5, 0.6) is 0 Å². The summed E-state index contributed by atoms with van der Waals surface area (Å²) in [6, 6.07) is -0.278. The first-order valence-corrected chi connectivity index (χ1v) is 4.19. The molecule has 1 fully saturated rings. The minimum Gasteiger partial charge on any atom is -0.301 e. The van der Waals surface area contributed by atoms with Gasteiger partial charge in [0.25, 0.3) is 5.91 Å². The van der Waals surface area contributed by atoms with Gasteiger partial charge in [0.05, 0.1) is 0 Å². The van der Waals surface area contributed by atoms with Crippen LogP contribution < -0.4 is 0 Å². The molecule has 0 bridgehead atoms. The Morgan fingerprint density at radius 3 is 2.17 bits per heavy atom. The van der Waals surface area contributed by atoms with Crippen molar-refractivity contribution < 1.29 is 9.59 Å². The van der Waals surface area contributed by atoms with E-state index >= 15 is 0 Å². The molecule has 3 amide bonds. The number of carbonyl (C=O) groups is 2. The Morgan fingerprint density at radius 1 is 1.50 bits per heavy atom. The molecule has 4 nitrogen and oxygen atoms in total. The van der Waals surface area contributed by atoms with E-state index < -0.39 is 4.87 Å². The summed E-state index contributed by atoms with van der Waals surface area (Å²) in [6.07, 6.45) is 0. The standard InChI is InChI=1S/C7H12N2O2S/c1-4-9-6(11)8(3)5(10)7(9,2)12/h12H,4H2,1-3H3. The van der Waals surface area contributed by atoms with Gasteiger partial charge in [0, 0.05) is 13.6 Å². The Morgan fingerprint density at radius 2 is 2.00 bits per heavy atom. The number of hydrogen-bond acceptors (Lipinski definition) is 3. The highest BCUT2D eigenvalue weighted by atomic mass is 32.1. The number of carbonyl (C=O) groups excluding carboxylic acids is 2. The van der Waals surface area contributed by atoms with Crippen LogP contribution in [0.25, 0.3) is 0 Å². The Labute approximate surface area is 76.9 Å². The topological polar surface area (TPSA) is 40.6 Å². The second-order valence-corrected chi connectivity index (χ2v) is 3.78. The summed E-state index contributed by atoms with van der Waals surface area (Å²) in [5.41, 5.74) is 0. The van der Waals surface area contributed by atoms with E-state index in [-0.39, 0.29) is 11.9 Å². The molecule has 1 saturated heterocycles. The Kier molecular flexibility index (Phi) is 2.07. The average Bonchev–Trinajstić information content (AvgIpc) is 2.13. The molecule has 0 aromatic heterocycles. The van der Waals surface area contributed by atoms with Crippen LogP contribution in [0.15, 0.2) is 0 Å². The summed E-state index contributed by atoms with van der Waals surface area (Å²) < 4.78 is 0. The maximum absolute atomic E-state index is 11.4. The zero-order valence-corrected chi connectivity index (χ0v) is 8.26. The van der Waals surface area contributed by atoms with E-state index in [1.54, 1.807) is 6.92 Å². The Hall–Kier alpha value is -0.710. The molecule has 1 heterocycles. The number of imide groups is 1. The van der Waals surface area contributed by atoms with Crippen molar-refractivity contribution in [2.45, 2.75) is 18.7 Å². The third-order valence-electron chi connectivity index (χ3n) is 2.07. The number of hydrogen-bond donors (Lipinski definition) is 1. The van der Waals surface area contributed by atoms with Gasteiger partial charge in [-0.05, 0) is 13.8 Å². The monoisotopic (exact) mass is 188 g/mol. The summed E-state index contributed by atoms with van der Waals surface area (Å²) >= 11 is 4.15. The fourth-order valence-corrected chi connectivity index (χ4v) is 1.71. The maximum Gasteiger partial charge on any atom is 0.328 e. The highest BCUT2D eigenvalue weighted by Crippen LogP contribution is 2.29. The quantitative estimate of drug-likeness (QED) is 0.482. The third-order valence-corrected chi connectivity index (χ3v) is 2.50. The van der Waals surface area contributed by atoms with Crippen molar-refractivity contribution in [3.63, 3.8) is 0 Å². The normalized spacial score (nSPS) is 30.3. The molecule has 0 radical (unpaired) electrons. The lowest BCUT2D eigenvalue weighted by Gasteiger charge is -2.24. The van der Waals surface area contributed by atoms with E-state index in [1.807, 2.05) is 6.92 Å². The number of thiol groups is 1. The number of nitrogens with zero attached hydrogens (tertiary/aromatic N) is 2. The first-order chi connectivity index (χ1) is 5.42. The molecule has 1 aliphatic heterocycles. The molecule has 0 aliphatic carbocycles. The predicted octanol–water partition coefficient (Wildman–Crippen LogP) is 0.546. The molecule has 0 aromatic rings. The SMILES string of the molecule is CCN1C(=O)N(C)C(=O)C1(C)S. The zero-order valence-electron chi connectivity index (χ0n) is 7.37. The molecule has 12 heavy (non-hydrogen) atoms. The Bertz CT molecular complexity index is 240. The molecule has 5 heteroatoms. The van der Waals surface area contributed by atoms with Crippen LogP contribution in [0.3, 0.4) is 0 Å². The lowest BCUT2D eigenvalue weighted by atomic mass is 10.3. The number of amides is 3. The van der Waals surface area contributed by atoms with Crippen molar-refractivity contribution in [2.75, 3.05) is 13.6 Å². The summed E-state index contributed by atoms with van der Waals surface area (Å²) in [5.74, 6) is -0.266. The highest BCUT2D eigenvalue weighted by molar-refractivity contribution is 7.82. The van der Waals surface area contributed by atoms with Crippen LogP contribution in [0.1, 0.15) is 13.8 Å². The van der Waals surface area contributed by atoms with E-state index in [0.29, 0.717) is 6.54 Å². The van der Waals surface area contributed by atoms with Crippen LogP contribution in [-0.2, 0) is 4.79 Å². The number of urea groups is 1. The van der Waals surface area contributed by atoms with Gasteiger partial charge in [-0.1, -0.05) is 0 Å². The van der Waals surface area contributed by atoms with E-state index in [1.165, 1.54) is 11.9 Å².